The number of halogens is 1. The van der Waals surface area contributed by atoms with Gasteiger partial charge >= 0.3 is 5.97 Å². The molecule has 0 saturated carbocycles. The maximum atomic E-state index is 10.6. The van der Waals surface area contributed by atoms with Gasteiger partial charge in [-0.15, -0.1) is 0 Å². The lowest BCUT2D eigenvalue weighted by atomic mass is 10.2. The van der Waals surface area contributed by atoms with Crippen LogP contribution in [0.4, 0.5) is 0 Å². The monoisotopic (exact) mass is 217 g/mol. The van der Waals surface area contributed by atoms with Crippen LogP contribution in [0.2, 0.25) is 0 Å². The second kappa shape index (κ2) is 2.70. The second-order valence-corrected chi connectivity index (χ2v) is 3.13. The van der Waals surface area contributed by atoms with Crippen LogP contribution in [0.15, 0.2) is 10.8 Å². The number of carboxylic acids is 1. The van der Waals surface area contributed by atoms with Crippen molar-refractivity contribution in [1.29, 1.82) is 0 Å². The predicted octanol–water partition coefficient (Wildman–Crippen LogP) is 1.79. The Hall–Kier alpha value is -0.770. The summed E-state index contributed by atoms with van der Waals surface area (Å²) in [5.74, 6) is -0.885. The van der Waals surface area contributed by atoms with Crippen molar-refractivity contribution >= 4 is 21.9 Å². The molecule has 0 aliphatic heterocycles. The fourth-order valence-electron chi connectivity index (χ4n) is 0.938. The van der Waals surface area contributed by atoms with Gasteiger partial charge in [-0.1, -0.05) is 0 Å². The Bertz CT molecular complexity index is 304. The molecule has 1 aromatic rings. The molecule has 3 nitrogen and oxygen atoms in total. The number of rotatable bonds is 1. The molecule has 0 aromatic carbocycles. The molecule has 11 heavy (non-hydrogen) atoms. The van der Waals surface area contributed by atoms with Crippen LogP contribution in [0, 0.1) is 6.92 Å². The first kappa shape index (κ1) is 8.33. The molecule has 4 heteroatoms. The number of aromatic nitrogens is 1. The van der Waals surface area contributed by atoms with Gasteiger partial charge in [-0.25, -0.2) is 4.79 Å². The van der Waals surface area contributed by atoms with Crippen molar-refractivity contribution in [3.05, 3.63) is 21.9 Å². The highest BCUT2D eigenvalue weighted by Crippen LogP contribution is 2.20. The predicted molar refractivity (Wildman–Crippen MR) is 44.8 cm³/mol. The van der Waals surface area contributed by atoms with Crippen LogP contribution in [0.5, 0.6) is 0 Å². The van der Waals surface area contributed by atoms with Gasteiger partial charge < -0.3 is 9.67 Å². The summed E-state index contributed by atoms with van der Waals surface area (Å²) < 4.78 is 2.55. The van der Waals surface area contributed by atoms with Crippen LogP contribution in [-0.2, 0) is 7.05 Å². The van der Waals surface area contributed by atoms with E-state index in [0.29, 0.717) is 5.56 Å². The Morgan fingerprint density at radius 1 is 1.73 bits per heavy atom. The SMILES string of the molecule is Cc1c(C(=O)O)cn(C)c1Br. The van der Waals surface area contributed by atoms with Gasteiger partial charge in [-0.3, -0.25) is 0 Å². The molecule has 0 atom stereocenters. The minimum Gasteiger partial charge on any atom is -0.478 e. The number of carboxylic acid groups (broad SMARTS) is 1. The van der Waals surface area contributed by atoms with Crippen molar-refractivity contribution in [3.63, 3.8) is 0 Å². The summed E-state index contributed by atoms with van der Waals surface area (Å²) in [4.78, 5) is 10.6. The molecular weight excluding hydrogens is 210 g/mol. The van der Waals surface area contributed by atoms with E-state index in [2.05, 4.69) is 15.9 Å². The van der Waals surface area contributed by atoms with E-state index < -0.39 is 5.97 Å². The minimum atomic E-state index is -0.885. The molecule has 0 bridgehead atoms. The Balaban J connectivity index is 3.29. The summed E-state index contributed by atoms with van der Waals surface area (Å²) in [5.41, 5.74) is 1.11. The van der Waals surface area contributed by atoms with Gasteiger partial charge in [0, 0.05) is 13.2 Å². The summed E-state index contributed by atoms with van der Waals surface area (Å²) in [6, 6.07) is 0. The van der Waals surface area contributed by atoms with Crippen LogP contribution in [-0.4, -0.2) is 15.6 Å². The Morgan fingerprint density at radius 2 is 2.27 bits per heavy atom. The lowest BCUT2D eigenvalue weighted by Gasteiger charge is -1.91. The minimum absolute atomic E-state index is 0.347. The van der Waals surface area contributed by atoms with E-state index >= 15 is 0 Å². The molecule has 0 aliphatic rings. The van der Waals surface area contributed by atoms with Gasteiger partial charge in [0.25, 0.3) is 0 Å². The molecule has 1 heterocycles. The van der Waals surface area contributed by atoms with E-state index in [1.807, 2.05) is 0 Å². The van der Waals surface area contributed by atoms with Gasteiger partial charge in [0.15, 0.2) is 0 Å². The molecule has 0 fully saturated rings. The first-order valence-electron chi connectivity index (χ1n) is 3.08. The van der Waals surface area contributed by atoms with E-state index in [0.717, 1.165) is 10.2 Å². The van der Waals surface area contributed by atoms with Crippen molar-refractivity contribution in [3.8, 4) is 0 Å². The Morgan fingerprint density at radius 3 is 2.45 bits per heavy atom. The topological polar surface area (TPSA) is 42.2 Å². The molecule has 0 unspecified atom stereocenters. The smallest absolute Gasteiger partial charge is 0.337 e. The zero-order valence-electron chi connectivity index (χ0n) is 6.26. The number of aryl methyl sites for hydroxylation is 1. The quantitative estimate of drug-likeness (QED) is 0.780. The molecule has 1 N–H and O–H groups in total. The average Bonchev–Trinajstić information content (AvgIpc) is 2.17. The van der Waals surface area contributed by atoms with Crippen molar-refractivity contribution in [2.45, 2.75) is 6.92 Å². The lowest BCUT2D eigenvalue weighted by Crippen LogP contribution is -1.95. The van der Waals surface area contributed by atoms with E-state index in [1.165, 1.54) is 0 Å². The summed E-state index contributed by atoms with van der Waals surface area (Å²) >= 11 is 3.27. The third kappa shape index (κ3) is 1.30. The maximum Gasteiger partial charge on any atom is 0.337 e. The summed E-state index contributed by atoms with van der Waals surface area (Å²) in [6.07, 6.45) is 1.59. The third-order valence-electron chi connectivity index (χ3n) is 1.58. The summed E-state index contributed by atoms with van der Waals surface area (Å²) in [5, 5.41) is 8.67. The fourth-order valence-corrected chi connectivity index (χ4v) is 1.25. The zero-order valence-corrected chi connectivity index (χ0v) is 7.84. The fraction of sp³-hybridized carbons (Fsp3) is 0.286. The molecule has 0 aliphatic carbocycles. The highest BCUT2D eigenvalue weighted by molar-refractivity contribution is 9.10. The molecule has 1 rings (SSSR count). The van der Waals surface area contributed by atoms with Crippen LogP contribution >= 0.6 is 15.9 Å². The third-order valence-corrected chi connectivity index (χ3v) is 2.73. The number of nitrogens with zero attached hydrogens (tertiary/aromatic N) is 1. The zero-order chi connectivity index (χ0) is 8.59. The van der Waals surface area contributed by atoms with E-state index in [9.17, 15) is 4.79 Å². The average molecular weight is 218 g/mol. The van der Waals surface area contributed by atoms with Gasteiger partial charge in [0.1, 0.15) is 0 Å². The normalized spacial score (nSPS) is 10.1. The number of carbonyl (C=O) groups is 1. The molecule has 0 spiro atoms. The number of hydrogen-bond donors (Lipinski definition) is 1. The Labute approximate surface area is 72.8 Å². The maximum absolute atomic E-state index is 10.6. The molecule has 1 aromatic heterocycles. The highest BCUT2D eigenvalue weighted by Gasteiger charge is 2.12. The van der Waals surface area contributed by atoms with Crippen molar-refractivity contribution < 1.29 is 9.90 Å². The van der Waals surface area contributed by atoms with E-state index in [4.69, 9.17) is 5.11 Å². The first-order valence-corrected chi connectivity index (χ1v) is 3.88. The van der Waals surface area contributed by atoms with Crippen molar-refractivity contribution in [2.75, 3.05) is 0 Å². The van der Waals surface area contributed by atoms with Crippen LogP contribution in [0.1, 0.15) is 15.9 Å². The van der Waals surface area contributed by atoms with Crippen LogP contribution in [0.25, 0.3) is 0 Å². The number of hydrogen-bond acceptors (Lipinski definition) is 1. The van der Waals surface area contributed by atoms with E-state index in [1.54, 1.807) is 24.7 Å². The lowest BCUT2D eigenvalue weighted by molar-refractivity contribution is 0.0696. The van der Waals surface area contributed by atoms with Gasteiger partial charge in [0.2, 0.25) is 0 Å². The van der Waals surface area contributed by atoms with Gasteiger partial charge in [-0.05, 0) is 28.4 Å². The molecule has 0 radical (unpaired) electrons. The second-order valence-electron chi connectivity index (χ2n) is 2.37. The molecule has 60 valence electrons. The Kier molecular flexibility index (Phi) is 2.04. The first-order chi connectivity index (χ1) is 5.04. The summed E-state index contributed by atoms with van der Waals surface area (Å²) in [6.45, 7) is 1.77. The molecular formula is C7H8BrNO2. The van der Waals surface area contributed by atoms with Gasteiger partial charge in [0.05, 0.1) is 10.2 Å². The largest absolute Gasteiger partial charge is 0.478 e. The van der Waals surface area contributed by atoms with Crippen molar-refractivity contribution in [2.24, 2.45) is 7.05 Å². The van der Waals surface area contributed by atoms with E-state index in [-0.39, 0.29) is 0 Å². The van der Waals surface area contributed by atoms with Crippen LogP contribution in [0.3, 0.4) is 0 Å². The summed E-state index contributed by atoms with van der Waals surface area (Å²) in [7, 11) is 1.80. The molecule has 0 amide bonds. The van der Waals surface area contributed by atoms with Gasteiger partial charge in [-0.2, -0.15) is 0 Å². The number of aromatic carboxylic acids is 1. The van der Waals surface area contributed by atoms with Crippen LogP contribution < -0.4 is 0 Å². The highest BCUT2D eigenvalue weighted by atomic mass is 79.9. The standard InChI is InChI=1S/C7H8BrNO2/c1-4-5(7(10)11)3-9(2)6(4)8/h3H,1-2H3,(H,10,11). The molecule has 0 saturated heterocycles. The van der Waals surface area contributed by atoms with Crippen molar-refractivity contribution in [1.82, 2.24) is 4.57 Å².